The molecule has 2 rings (SSSR count). The molecule has 7 heteroatoms. The van der Waals surface area contributed by atoms with Crippen LogP contribution in [0.5, 0.6) is 0 Å². The molecule has 1 aliphatic heterocycles. The van der Waals surface area contributed by atoms with Crippen molar-refractivity contribution in [3.05, 3.63) is 28.2 Å². The highest BCUT2D eigenvalue weighted by Gasteiger charge is 2.30. The Bertz CT molecular complexity index is 471. The van der Waals surface area contributed by atoms with Gasteiger partial charge < -0.3 is 10.2 Å². The van der Waals surface area contributed by atoms with Crippen LogP contribution >= 0.6 is 15.9 Å². The molecular weight excluding hydrogens is 347 g/mol. The Hall–Kier alpha value is -0.790. The normalized spacial score (nSPS) is 18.0. The lowest BCUT2D eigenvalue weighted by Gasteiger charge is -2.32. The number of piperazine rings is 1. The molecule has 0 aromatic heterocycles. The average molecular weight is 366 g/mol. The van der Waals surface area contributed by atoms with Crippen LogP contribution in [0.2, 0.25) is 0 Å². The van der Waals surface area contributed by atoms with E-state index in [2.05, 4.69) is 38.1 Å². The quantitative estimate of drug-likeness (QED) is 0.884. The summed E-state index contributed by atoms with van der Waals surface area (Å²) in [5.74, 6) is 0. The molecule has 21 heavy (non-hydrogen) atoms. The highest BCUT2D eigenvalue weighted by Crippen LogP contribution is 2.33. The number of alkyl halides is 3. The van der Waals surface area contributed by atoms with Crippen LogP contribution in [0.1, 0.15) is 5.56 Å². The van der Waals surface area contributed by atoms with Gasteiger partial charge in [0.15, 0.2) is 0 Å². The van der Waals surface area contributed by atoms with Crippen LogP contribution in [0.15, 0.2) is 22.7 Å². The van der Waals surface area contributed by atoms with Gasteiger partial charge in [-0.3, -0.25) is 4.90 Å². The second kappa shape index (κ2) is 6.98. The molecule has 0 aliphatic carbocycles. The SMILES string of the molecule is CN1CCN(CCNc2cc(C(F)(F)F)ccc2Br)CC1. The van der Waals surface area contributed by atoms with Gasteiger partial charge in [0, 0.05) is 49.4 Å². The molecule has 1 saturated heterocycles. The maximum absolute atomic E-state index is 12.7. The summed E-state index contributed by atoms with van der Waals surface area (Å²) in [7, 11) is 2.09. The largest absolute Gasteiger partial charge is 0.416 e. The van der Waals surface area contributed by atoms with E-state index in [1.165, 1.54) is 6.07 Å². The third-order valence-corrected chi connectivity index (χ3v) is 4.32. The Kier molecular flexibility index (Phi) is 5.51. The van der Waals surface area contributed by atoms with Gasteiger partial charge >= 0.3 is 6.18 Å². The minimum atomic E-state index is -4.31. The third kappa shape index (κ3) is 4.86. The molecule has 0 atom stereocenters. The van der Waals surface area contributed by atoms with E-state index in [9.17, 15) is 13.2 Å². The van der Waals surface area contributed by atoms with Crippen molar-refractivity contribution in [3.8, 4) is 0 Å². The van der Waals surface area contributed by atoms with E-state index in [-0.39, 0.29) is 0 Å². The molecule has 0 saturated carbocycles. The van der Waals surface area contributed by atoms with Gasteiger partial charge in [-0.25, -0.2) is 0 Å². The molecule has 0 bridgehead atoms. The van der Waals surface area contributed by atoms with Crippen molar-refractivity contribution >= 4 is 21.6 Å². The van der Waals surface area contributed by atoms with Crippen LogP contribution < -0.4 is 5.32 Å². The topological polar surface area (TPSA) is 18.5 Å². The van der Waals surface area contributed by atoms with Gasteiger partial charge in [-0.1, -0.05) is 0 Å². The van der Waals surface area contributed by atoms with Crippen molar-refractivity contribution < 1.29 is 13.2 Å². The fourth-order valence-corrected chi connectivity index (χ4v) is 2.64. The number of benzene rings is 1. The van der Waals surface area contributed by atoms with Crippen molar-refractivity contribution in [3.63, 3.8) is 0 Å². The lowest BCUT2D eigenvalue weighted by atomic mass is 10.2. The lowest BCUT2D eigenvalue weighted by Crippen LogP contribution is -2.45. The second-order valence-corrected chi connectivity index (χ2v) is 6.12. The first-order valence-electron chi connectivity index (χ1n) is 6.88. The highest BCUT2D eigenvalue weighted by atomic mass is 79.9. The fourth-order valence-electron chi connectivity index (χ4n) is 2.26. The van der Waals surface area contributed by atoms with E-state index in [0.717, 1.165) is 44.9 Å². The molecule has 0 amide bonds. The maximum atomic E-state index is 12.7. The van der Waals surface area contributed by atoms with E-state index >= 15 is 0 Å². The summed E-state index contributed by atoms with van der Waals surface area (Å²) in [5.41, 5.74) is -0.147. The molecule has 118 valence electrons. The minimum Gasteiger partial charge on any atom is -0.383 e. The smallest absolute Gasteiger partial charge is 0.383 e. The van der Waals surface area contributed by atoms with Crippen molar-refractivity contribution in [2.75, 3.05) is 51.6 Å². The van der Waals surface area contributed by atoms with Crippen molar-refractivity contribution in [1.29, 1.82) is 0 Å². The Balaban J connectivity index is 1.88. The van der Waals surface area contributed by atoms with Crippen LogP contribution in [0, 0.1) is 0 Å². The van der Waals surface area contributed by atoms with Crippen LogP contribution in [-0.2, 0) is 6.18 Å². The zero-order chi connectivity index (χ0) is 15.5. The number of hydrogen-bond donors (Lipinski definition) is 1. The maximum Gasteiger partial charge on any atom is 0.416 e. The first-order valence-corrected chi connectivity index (χ1v) is 7.67. The van der Waals surface area contributed by atoms with Gasteiger partial charge in [0.1, 0.15) is 0 Å². The third-order valence-electron chi connectivity index (χ3n) is 3.63. The minimum absolute atomic E-state index is 0.485. The average Bonchev–Trinajstić information content (AvgIpc) is 2.42. The zero-order valence-electron chi connectivity index (χ0n) is 11.9. The van der Waals surface area contributed by atoms with Crippen LogP contribution in [0.3, 0.4) is 0 Å². The molecule has 1 aliphatic rings. The molecule has 1 aromatic carbocycles. The molecule has 1 N–H and O–H groups in total. The standard InChI is InChI=1S/C14H19BrF3N3/c1-20-6-8-21(9-7-20)5-4-19-13-10-11(14(16,17)18)2-3-12(13)15/h2-3,10,19H,4-9H2,1H3. The first-order chi connectivity index (χ1) is 9.86. The Labute approximate surface area is 131 Å². The Morgan fingerprint density at radius 3 is 2.48 bits per heavy atom. The van der Waals surface area contributed by atoms with Crippen LogP contribution in [-0.4, -0.2) is 56.1 Å². The Morgan fingerprint density at radius 1 is 1.19 bits per heavy atom. The summed E-state index contributed by atoms with van der Waals surface area (Å²) in [6.45, 7) is 5.53. The molecule has 1 aromatic rings. The summed E-state index contributed by atoms with van der Waals surface area (Å²) in [6, 6.07) is 3.66. The van der Waals surface area contributed by atoms with E-state index < -0.39 is 11.7 Å². The van der Waals surface area contributed by atoms with Crippen LogP contribution in [0.4, 0.5) is 18.9 Å². The monoisotopic (exact) mass is 365 g/mol. The fraction of sp³-hybridized carbons (Fsp3) is 0.571. The van der Waals surface area contributed by atoms with Gasteiger partial charge in [0.2, 0.25) is 0 Å². The lowest BCUT2D eigenvalue weighted by molar-refractivity contribution is -0.137. The summed E-state index contributed by atoms with van der Waals surface area (Å²) in [5, 5.41) is 3.08. The van der Waals surface area contributed by atoms with Crippen molar-refractivity contribution in [2.24, 2.45) is 0 Å². The Morgan fingerprint density at radius 2 is 1.86 bits per heavy atom. The zero-order valence-corrected chi connectivity index (χ0v) is 13.5. The van der Waals surface area contributed by atoms with Gasteiger partial charge in [0.05, 0.1) is 5.56 Å². The molecular formula is C14H19BrF3N3. The van der Waals surface area contributed by atoms with Gasteiger partial charge in [0.25, 0.3) is 0 Å². The summed E-state index contributed by atoms with van der Waals surface area (Å²) in [4.78, 5) is 4.59. The summed E-state index contributed by atoms with van der Waals surface area (Å²) in [6.07, 6.45) is -4.31. The van der Waals surface area contributed by atoms with Crippen LogP contribution in [0.25, 0.3) is 0 Å². The predicted octanol–water partition coefficient (Wildman–Crippen LogP) is 3.13. The molecule has 0 unspecified atom stereocenters. The van der Waals surface area contributed by atoms with Gasteiger partial charge in [-0.05, 0) is 41.2 Å². The number of halogens is 4. The number of nitrogens with zero attached hydrogens (tertiary/aromatic N) is 2. The van der Waals surface area contributed by atoms with Crippen molar-refractivity contribution in [1.82, 2.24) is 9.80 Å². The second-order valence-electron chi connectivity index (χ2n) is 5.26. The summed E-state index contributed by atoms with van der Waals surface area (Å²) < 4.78 is 38.7. The number of hydrogen-bond acceptors (Lipinski definition) is 3. The molecule has 1 heterocycles. The van der Waals surface area contributed by atoms with E-state index in [1.807, 2.05) is 0 Å². The van der Waals surface area contributed by atoms with E-state index in [4.69, 9.17) is 0 Å². The molecule has 1 fully saturated rings. The highest BCUT2D eigenvalue weighted by molar-refractivity contribution is 9.10. The van der Waals surface area contributed by atoms with Gasteiger partial charge in [-0.2, -0.15) is 13.2 Å². The van der Waals surface area contributed by atoms with E-state index in [0.29, 0.717) is 16.7 Å². The predicted molar refractivity (Wildman–Crippen MR) is 81.6 cm³/mol. The molecule has 3 nitrogen and oxygen atoms in total. The number of anilines is 1. The first kappa shape index (κ1) is 16.6. The van der Waals surface area contributed by atoms with E-state index in [1.54, 1.807) is 0 Å². The van der Waals surface area contributed by atoms with Gasteiger partial charge in [-0.15, -0.1) is 0 Å². The summed E-state index contributed by atoms with van der Waals surface area (Å²) >= 11 is 3.28. The number of likely N-dealkylation sites (N-methyl/N-ethyl adjacent to an activating group) is 1. The number of nitrogens with one attached hydrogen (secondary N) is 1. The molecule has 0 spiro atoms. The molecule has 0 radical (unpaired) electrons. The van der Waals surface area contributed by atoms with Crippen molar-refractivity contribution in [2.45, 2.75) is 6.18 Å². The number of rotatable bonds is 4.